The van der Waals surface area contributed by atoms with Crippen LogP contribution in [0.15, 0.2) is 48.7 Å². The Balaban J connectivity index is 2.27. The Labute approximate surface area is 158 Å². The van der Waals surface area contributed by atoms with Gasteiger partial charge in [-0.15, -0.1) is 0 Å². The van der Waals surface area contributed by atoms with E-state index in [1.807, 2.05) is 5.32 Å². The van der Waals surface area contributed by atoms with E-state index in [9.17, 15) is 22.8 Å². The van der Waals surface area contributed by atoms with Crippen LogP contribution in [-0.2, 0) is 14.3 Å². The number of pyridine rings is 1. The van der Waals surface area contributed by atoms with Crippen molar-refractivity contribution >= 4 is 17.7 Å². The molecule has 0 spiro atoms. The summed E-state index contributed by atoms with van der Waals surface area (Å²) in [5.41, 5.74) is -2.84. The second kappa shape index (κ2) is 8.59. The predicted molar refractivity (Wildman–Crippen MR) is 93.5 cm³/mol. The molecular weight excluding hydrogens is 379 g/mol. The third-order valence-corrected chi connectivity index (χ3v) is 3.58. The average Bonchev–Trinajstić information content (AvgIpc) is 2.66. The molecule has 0 radical (unpaired) electrons. The Morgan fingerprint density at radius 2 is 1.79 bits per heavy atom. The summed E-state index contributed by atoms with van der Waals surface area (Å²) >= 11 is 0. The number of hydrogen-bond donors (Lipinski definition) is 2. The Morgan fingerprint density at radius 3 is 2.32 bits per heavy atom. The van der Waals surface area contributed by atoms with Gasteiger partial charge in [-0.3, -0.25) is 4.79 Å². The number of esters is 1. The van der Waals surface area contributed by atoms with Gasteiger partial charge in [-0.05, 0) is 30.7 Å². The first-order valence-corrected chi connectivity index (χ1v) is 8.03. The topological polar surface area (TPSA) is 89.5 Å². The molecule has 28 heavy (non-hydrogen) atoms. The minimum atomic E-state index is -5.24. The summed E-state index contributed by atoms with van der Waals surface area (Å²) in [6.45, 7) is 0.943. The molecule has 0 bridgehead atoms. The van der Waals surface area contributed by atoms with E-state index in [-0.39, 0.29) is 11.6 Å². The number of halogens is 3. The Kier molecular flexibility index (Phi) is 6.45. The van der Waals surface area contributed by atoms with Crippen LogP contribution in [0.3, 0.4) is 0 Å². The SMILES string of the molecule is COC(=O)[C@@](NC(=O)COc1ccccc1)(Nc1ccc(C)cn1)C(F)(F)F. The minimum Gasteiger partial charge on any atom is -0.484 e. The van der Waals surface area contributed by atoms with Crippen LogP contribution in [0.25, 0.3) is 0 Å². The fourth-order valence-electron chi connectivity index (χ4n) is 2.19. The number of anilines is 1. The zero-order valence-electron chi connectivity index (χ0n) is 15.0. The molecule has 0 saturated carbocycles. The largest absolute Gasteiger partial charge is 0.484 e. The van der Waals surface area contributed by atoms with E-state index in [0.29, 0.717) is 5.56 Å². The Hall–Kier alpha value is -3.30. The third kappa shape index (κ3) is 4.90. The lowest BCUT2D eigenvalue weighted by molar-refractivity contribution is -0.206. The lowest BCUT2D eigenvalue weighted by Crippen LogP contribution is -2.69. The molecule has 1 aromatic heterocycles. The van der Waals surface area contributed by atoms with E-state index >= 15 is 0 Å². The number of ether oxygens (including phenoxy) is 2. The van der Waals surface area contributed by atoms with Crippen molar-refractivity contribution in [2.75, 3.05) is 19.0 Å². The van der Waals surface area contributed by atoms with Gasteiger partial charge in [-0.2, -0.15) is 13.2 Å². The van der Waals surface area contributed by atoms with Crippen LogP contribution in [0.4, 0.5) is 19.0 Å². The van der Waals surface area contributed by atoms with E-state index in [2.05, 4.69) is 9.72 Å². The maximum atomic E-state index is 13.9. The Morgan fingerprint density at radius 1 is 1.11 bits per heavy atom. The van der Waals surface area contributed by atoms with E-state index in [4.69, 9.17) is 4.74 Å². The number of aryl methyl sites for hydroxylation is 1. The predicted octanol–water partition coefficient (Wildman–Crippen LogP) is 2.43. The fourth-order valence-corrected chi connectivity index (χ4v) is 2.19. The van der Waals surface area contributed by atoms with E-state index in [1.54, 1.807) is 30.4 Å². The molecule has 0 unspecified atom stereocenters. The number of para-hydroxylation sites is 1. The maximum absolute atomic E-state index is 13.9. The van der Waals surface area contributed by atoms with Crippen molar-refractivity contribution in [3.8, 4) is 5.75 Å². The molecule has 10 heteroatoms. The van der Waals surface area contributed by atoms with Crippen LogP contribution in [0.1, 0.15) is 5.56 Å². The minimum absolute atomic E-state index is 0.279. The lowest BCUT2D eigenvalue weighted by Gasteiger charge is -2.34. The van der Waals surface area contributed by atoms with E-state index in [0.717, 1.165) is 7.11 Å². The van der Waals surface area contributed by atoms with Crippen molar-refractivity contribution < 1.29 is 32.2 Å². The fraction of sp³-hybridized carbons (Fsp3) is 0.278. The summed E-state index contributed by atoms with van der Waals surface area (Å²) < 4.78 is 51.0. The number of hydrogen-bond acceptors (Lipinski definition) is 6. The Bertz CT molecular complexity index is 813. The van der Waals surface area contributed by atoms with Crippen LogP contribution in [0.2, 0.25) is 0 Å². The maximum Gasteiger partial charge on any atom is 0.441 e. The number of methoxy groups -OCH3 is 1. The molecule has 1 atom stereocenters. The second-order valence-corrected chi connectivity index (χ2v) is 5.74. The molecule has 1 aromatic carbocycles. The third-order valence-electron chi connectivity index (χ3n) is 3.58. The number of carbonyl (C=O) groups is 2. The molecule has 0 aliphatic carbocycles. The molecule has 2 N–H and O–H groups in total. The number of nitrogens with zero attached hydrogens (tertiary/aromatic N) is 1. The highest BCUT2D eigenvalue weighted by atomic mass is 19.4. The van der Waals surface area contributed by atoms with Crippen molar-refractivity contribution in [2.24, 2.45) is 0 Å². The highest BCUT2D eigenvalue weighted by Crippen LogP contribution is 2.32. The smallest absolute Gasteiger partial charge is 0.441 e. The van der Waals surface area contributed by atoms with Gasteiger partial charge >= 0.3 is 17.8 Å². The first-order chi connectivity index (χ1) is 13.2. The van der Waals surface area contributed by atoms with Gasteiger partial charge in [0.05, 0.1) is 7.11 Å². The molecule has 1 heterocycles. The zero-order valence-corrected chi connectivity index (χ0v) is 15.0. The first kappa shape index (κ1) is 21.0. The van der Waals surface area contributed by atoms with Gasteiger partial charge in [0.1, 0.15) is 11.6 Å². The van der Waals surface area contributed by atoms with Crippen LogP contribution < -0.4 is 15.4 Å². The number of amides is 1. The number of aromatic nitrogens is 1. The standard InChI is InChI=1S/C18H18F3N3O4/c1-12-8-9-14(22-10-12)23-17(16(26)27-2,18(19,20)21)24-15(25)11-28-13-6-4-3-5-7-13/h3-10H,11H2,1-2H3,(H,22,23)(H,24,25)/t17-/m0/s1. The summed E-state index contributed by atoms with van der Waals surface area (Å²) in [4.78, 5) is 28.0. The molecule has 1 amide bonds. The van der Waals surface area contributed by atoms with Crippen LogP contribution in [0, 0.1) is 6.92 Å². The quantitative estimate of drug-likeness (QED) is 0.551. The second-order valence-electron chi connectivity index (χ2n) is 5.74. The molecule has 0 aliphatic rings. The molecule has 7 nitrogen and oxygen atoms in total. The van der Waals surface area contributed by atoms with E-state index < -0.39 is 30.3 Å². The zero-order chi connectivity index (χ0) is 20.8. The van der Waals surface area contributed by atoms with Crippen molar-refractivity contribution in [3.63, 3.8) is 0 Å². The summed E-state index contributed by atoms with van der Waals surface area (Å²) in [6.07, 6.45) is -3.93. The molecule has 0 fully saturated rings. The van der Waals surface area contributed by atoms with Crippen molar-refractivity contribution in [2.45, 2.75) is 18.8 Å². The van der Waals surface area contributed by atoms with Gasteiger partial charge in [0.15, 0.2) is 6.61 Å². The summed E-state index contributed by atoms with van der Waals surface area (Å²) in [5.74, 6) is -2.94. The van der Waals surface area contributed by atoms with Crippen LogP contribution >= 0.6 is 0 Å². The highest BCUT2D eigenvalue weighted by Gasteiger charge is 2.63. The number of alkyl halides is 3. The van der Waals surface area contributed by atoms with Gasteiger partial charge in [0, 0.05) is 6.20 Å². The number of benzene rings is 1. The van der Waals surface area contributed by atoms with Gasteiger partial charge in [0.2, 0.25) is 0 Å². The van der Waals surface area contributed by atoms with Crippen molar-refractivity contribution in [3.05, 3.63) is 54.2 Å². The van der Waals surface area contributed by atoms with Crippen LogP contribution in [0.5, 0.6) is 5.75 Å². The van der Waals surface area contributed by atoms with E-state index in [1.165, 1.54) is 30.5 Å². The number of nitrogens with one attached hydrogen (secondary N) is 2. The monoisotopic (exact) mass is 397 g/mol. The van der Waals surface area contributed by atoms with Gasteiger partial charge in [-0.25, -0.2) is 9.78 Å². The van der Waals surface area contributed by atoms with Crippen LogP contribution in [-0.4, -0.2) is 42.4 Å². The van der Waals surface area contributed by atoms with Gasteiger partial charge in [-0.1, -0.05) is 24.3 Å². The number of rotatable bonds is 7. The summed E-state index contributed by atoms with van der Waals surface area (Å²) in [6, 6.07) is 10.8. The summed E-state index contributed by atoms with van der Waals surface area (Å²) in [5, 5.41) is 3.58. The number of carbonyl (C=O) groups excluding carboxylic acids is 2. The lowest BCUT2D eigenvalue weighted by atomic mass is 10.1. The van der Waals surface area contributed by atoms with Gasteiger partial charge in [0.25, 0.3) is 5.91 Å². The van der Waals surface area contributed by atoms with Gasteiger partial charge < -0.3 is 20.1 Å². The molecule has 0 aliphatic heterocycles. The average molecular weight is 397 g/mol. The first-order valence-electron chi connectivity index (χ1n) is 8.03. The molecule has 2 aromatic rings. The normalized spacial score (nSPS) is 13.2. The summed E-state index contributed by atoms with van der Waals surface area (Å²) in [7, 11) is 0.777. The van der Waals surface area contributed by atoms with Crippen molar-refractivity contribution in [1.29, 1.82) is 0 Å². The highest BCUT2D eigenvalue weighted by molar-refractivity contribution is 5.91. The molecule has 150 valence electrons. The molecule has 2 rings (SSSR count). The van der Waals surface area contributed by atoms with Crippen molar-refractivity contribution in [1.82, 2.24) is 10.3 Å². The molecular formula is C18H18F3N3O4. The molecule has 0 saturated heterocycles.